The fourth-order valence-corrected chi connectivity index (χ4v) is 2.07. The normalized spacial score (nSPS) is 11.4. The molecule has 0 aromatic carbocycles. The van der Waals surface area contributed by atoms with E-state index in [1.54, 1.807) is 6.20 Å². The topological polar surface area (TPSA) is 59.4 Å². The summed E-state index contributed by atoms with van der Waals surface area (Å²) in [5.74, 6) is 0.527. The summed E-state index contributed by atoms with van der Waals surface area (Å²) in [5, 5.41) is 7.34. The molecule has 0 aliphatic carbocycles. The van der Waals surface area contributed by atoms with Crippen molar-refractivity contribution < 1.29 is 4.74 Å². The van der Waals surface area contributed by atoms with Crippen LogP contribution in [0, 0.1) is 5.92 Å². The average Bonchev–Trinajstić information content (AvgIpc) is 2.41. The van der Waals surface area contributed by atoms with Crippen LogP contribution in [0.1, 0.15) is 13.8 Å². The molecule has 1 N–H and O–H groups in total. The number of rotatable bonds is 9. The van der Waals surface area contributed by atoms with Gasteiger partial charge in [-0.3, -0.25) is 4.79 Å². The highest BCUT2D eigenvalue weighted by atomic mass is 79.9. The van der Waals surface area contributed by atoms with Crippen LogP contribution in [0.2, 0.25) is 0 Å². The van der Waals surface area contributed by atoms with Gasteiger partial charge in [-0.15, -0.1) is 0 Å². The zero-order chi connectivity index (χ0) is 15.8. The van der Waals surface area contributed by atoms with E-state index in [1.165, 1.54) is 4.68 Å². The molecular weight excluding hydrogens is 336 g/mol. The minimum absolute atomic E-state index is 0.120. The summed E-state index contributed by atoms with van der Waals surface area (Å²) in [6, 6.07) is 0. The molecule has 0 spiro atoms. The van der Waals surface area contributed by atoms with Gasteiger partial charge in [0.05, 0.1) is 25.0 Å². The number of likely N-dealkylation sites (N-methyl/N-ethyl adjacent to an activating group) is 1. The second-order valence-corrected chi connectivity index (χ2v) is 6.39. The highest BCUT2D eigenvalue weighted by molar-refractivity contribution is 9.10. The summed E-state index contributed by atoms with van der Waals surface area (Å²) in [5.41, 5.74) is 0.583. The highest BCUT2D eigenvalue weighted by Gasteiger charge is 2.08. The number of nitrogens with zero attached hydrogens (tertiary/aromatic N) is 3. The Labute approximate surface area is 134 Å². The van der Waals surface area contributed by atoms with Crippen molar-refractivity contribution in [1.82, 2.24) is 14.7 Å². The lowest BCUT2D eigenvalue weighted by Crippen LogP contribution is -2.29. The maximum Gasteiger partial charge on any atom is 0.283 e. The standard InChI is InChI=1S/C14H25BrN4O2/c1-11(2)10-21-8-5-16-12-9-17-19(7-6-18(3)4)14(20)13(12)15/h9,11,16H,5-8,10H2,1-4H3. The van der Waals surface area contributed by atoms with Crippen molar-refractivity contribution in [2.75, 3.05) is 45.7 Å². The molecule has 0 unspecified atom stereocenters. The van der Waals surface area contributed by atoms with Crippen LogP contribution in [0.25, 0.3) is 0 Å². The predicted molar refractivity (Wildman–Crippen MR) is 88.9 cm³/mol. The summed E-state index contributed by atoms with van der Waals surface area (Å²) < 4.78 is 7.47. The largest absolute Gasteiger partial charge is 0.380 e. The minimum atomic E-state index is -0.120. The molecule has 1 aromatic heterocycles. The van der Waals surface area contributed by atoms with Crippen LogP contribution in [0.5, 0.6) is 0 Å². The number of halogens is 1. The van der Waals surface area contributed by atoms with E-state index in [4.69, 9.17) is 4.74 Å². The predicted octanol–water partition coefficient (Wildman–Crippen LogP) is 1.65. The number of anilines is 1. The Hall–Kier alpha value is -0.920. The lowest BCUT2D eigenvalue weighted by molar-refractivity contribution is 0.118. The monoisotopic (exact) mass is 360 g/mol. The Balaban J connectivity index is 2.53. The van der Waals surface area contributed by atoms with Gasteiger partial charge < -0.3 is 15.0 Å². The molecule has 0 saturated carbocycles. The molecule has 1 heterocycles. The molecule has 0 radical (unpaired) electrons. The van der Waals surface area contributed by atoms with E-state index in [2.05, 4.69) is 40.2 Å². The van der Waals surface area contributed by atoms with Gasteiger partial charge in [0.25, 0.3) is 5.56 Å². The molecule has 0 aliphatic rings. The average molecular weight is 361 g/mol. The van der Waals surface area contributed by atoms with Crippen molar-refractivity contribution >= 4 is 21.6 Å². The summed E-state index contributed by atoms with van der Waals surface area (Å²) in [7, 11) is 3.93. The SMILES string of the molecule is CC(C)COCCNc1cnn(CCN(C)C)c(=O)c1Br. The van der Waals surface area contributed by atoms with Crippen LogP contribution >= 0.6 is 15.9 Å². The lowest BCUT2D eigenvalue weighted by atomic mass is 10.2. The molecule has 21 heavy (non-hydrogen) atoms. The van der Waals surface area contributed by atoms with Crippen LogP contribution in [0.3, 0.4) is 0 Å². The molecule has 0 fully saturated rings. The molecule has 6 nitrogen and oxygen atoms in total. The Morgan fingerprint density at radius 3 is 2.81 bits per heavy atom. The van der Waals surface area contributed by atoms with Crippen molar-refractivity contribution in [3.05, 3.63) is 21.0 Å². The zero-order valence-electron chi connectivity index (χ0n) is 13.2. The fourth-order valence-electron chi connectivity index (χ4n) is 1.62. The third kappa shape index (κ3) is 6.58. The summed E-state index contributed by atoms with van der Waals surface area (Å²) in [6.07, 6.45) is 1.67. The summed E-state index contributed by atoms with van der Waals surface area (Å²) in [4.78, 5) is 14.2. The van der Waals surface area contributed by atoms with Crippen molar-refractivity contribution in [3.63, 3.8) is 0 Å². The second kappa shape index (κ2) is 9.17. The fraction of sp³-hybridized carbons (Fsp3) is 0.714. The van der Waals surface area contributed by atoms with Crippen LogP contribution in [-0.2, 0) is 11.3 Å². The first-order chi connectivity index (χ1) is 9.91. The molecule has 120 valence electrons. The van der Waals surface area contributed by atoms with E-state index in [0.717, 1.165) is 13.2 Å². The summed E-state index contributed by atoms with van der Waals surface area (Å²) in [6.45, 7) is 7.57. The molecule has 0 atom stereocenters. The zero-order valence-corrected chi connectivity index (χ0v) is 14.8. The van der Waals surface area contributed by atoms with Gasteiger partial charge in [-0.25, -0.2) is 4.68 Å². The molecule has 1 rings (SSSR count). The van der Waals surface area contributed by atoms with Gasteiger partial charge in [-0.1, -0.05) is 13.8 Å². The van der Waals surface area contributed by atoms with Gasteiger partial charge >= 0.3 is 0 Å². The third-order valence-corrected chi connectivity index (χ3v) is 3.52. The first-order valence-corrected chi connectivity index (χ1v) is 7.93. The smallest absolute Gasteiger partial charge is 0.283 e. The lowest BCUT2D eigenvalue weighted by Gasteiger charge is -2.13. The van der Waals surface area contributed by atoms with Gasteiger partial charge in [0, 0.05) is 19.7 Å². The van der Waals surface area contributed by atoms with E-state index < -0.39 is 0 Å². The Morgan fingerprint density at radius 2 is 2.19 bits per heavy atom. The van der Waals surface area contributed by atoms with Gasteiger partial charge in [0.1, 0.15) is 4.47 Å². The Kier molecular flexibility index (Phi) is 7.92. The van der Waals surface area contributed by atoms with Crippen molar-refractivity contribution in [2.45, 2.75) is 20.4 Å². The number of nitrogens with one attached hydrogen (secondary N) is 1. The van der Waals surface area contributed by atoms with Crippen LogP contribution in [0.4, 0.5) is 5.69 Å². The molecule has 1 aromatic rings. The number of hydrogen-bond donors (Lipinski definition) is 1. The highest BCUT2D eigenvalue weighted by Crippen LogP contribution is 2.15. The molecule has 0 aliphatic heterocycles. The van der Waals surface area contributed by atoms with Crippen LogP contribution in [0.15, 0.2) is 15.5 Å². The number of hydrogen-bond acceptors (Lipinski definition) is 5. The van der Waals surface area contributed by atoms with Crippen LogP contribution < -0.4 is 10.9 Å². The number of aromatic nitrogens is 2. The van der Waals surface area contributed by atoms with Crippen molar-refractivity contribution in [2.24, 2.45) is 5.92 Å². The van der Waals surface area contributed by atoms with Gasteiger partial charge in [0.15, 0.2) is 0 Å². The minimum Gasteiger partial charge on any atom is -0.380 e. The first-order valence-electron chi connectivity index (χ1n) is 7.13. The number of ether oxygens (including phenoxy) is 1. The molecule has 0 saturated heterocycles. The molecule has 0 amide bonds. The third-order valence-electron chi connectivity index (χ3n) is 2.76. The molecular formula is C14H25BrN4O2. The van der Waals surface area contributed by atoms with Gasteiger partial charge in [0.2, 0.25) is 0 Å². The van der Waals surface area contributed by atoms with Crippen molar-refractivity contribution in [3.8, 4) is 0 Å². The first kappa shape index (κ1) is 18.1. The second-order valence-electron chi connectivity index (χ2n) is 5.60. The maximum atomic E-state index is 12.1. The van der Waals surface area contributed by atoms with E-state index in [9.17, 15) is 4.79 Å². The van der Waals surface area contributed by atoms with Gasteiger partial charge in [-0.2, -0.15) is 5.10 Å². The van der Waals surface area contributed by atoms with E-state index in [1.807, 2.05) is 19.0 Å². The Morgan fingerprint density at radius 1 is 1.48 bits per heavy atom. The molecule has 7 heteroatoms. The summed E-state index contributed by atoms with van der Waals surface area (Å²) >= 11 is 3.34. The maximum absolute atomic E-state index is 12.1. The van der Waals surface area contributed by atoms with E-state index in [0.29, 0.717) is 35.8 Å². The van der Waals surface area contributed by atoms with Gasteiger partial charge in [-0.05, 0) is 35.9 Å². The van der Waals surface area contributed by atoms with Crippen LogP contribution in [-0.4, -0.2) is 55.1 Å². The van der Waals surface area contributed by atoms with E-state index in [-0.39, 0.29) is 5.56 Å². The quantitative estimate of drug-likeness (QED) is 0.678. The Bertz CT molecular complexity index is 488. The van der Waals surface area contributed by atoms with E-state index >= 15 is 0 Å². The molecule has 0 bridgehead atoms. The van der Waals surface area contributed by atoms with Crippen molar-refractivity contribution in [1.29, 1.82) is 0 Å².